The first-order valence-corrected chi connectivity index (χ1v) is 4.56. The summed E-state index contributed by atoms with van der Waals surface area (Å²) in [5.74, 6) is 0.192. The molecule has 1 fully saturated rings. The van der Waals surface area contributed by atoms with Crippen LogP contribution in [0.4, 0.5) is 0 Å². The monoisotopic (exact) mass is 187 g/mol. The average Bonchev–Trinajstić information content (AvgIpc) is 2.85. The molecule has 5 heteroatoms. The van der Waals surface area contributed by atoms with Crippen molar-refractivity contribution >= 4 is 0 Å². The summed E-state index contributed by atoms with van der Waals surface area (Å²) in [7, 11) is 0. The van der Waals surface area contributed by atoms with E-state index in [1.807, 2.05) is 6.07 Å². The molecule has 2 rings (SSSR count). The van der Waals surface area contributed by atoms with Crippen LogP contribution in [-0.4, -0.2) is 14.8 Å². The van der Waals surface area contributed by atoms with Crippen molar-refractivity contribution in [3.05, 3.63) is 12.2 Å². The molecular weight excluding hydrogens is 178 g/mol. The Balaban J connectivity index is 2.23. The molecular formula is C9H9N5. The lowest BCUT2D eigenvalue weighted by molar-refractivity contribution is 0.408. The first kappa shape index (κ1) is 8.71. The summed E-state index contributed by atoms with van der Waals surface area (Å²) >= 11 is 0. The quantitative estimate of drug-likeness (QED) is 0.657. The Bertz CT molecular complexity index is 408. The van der Waals surface area contributed by atoms with E-state index in [1.165, 1.54) is 0 Å². The Hall–Kier alpha value is -1.88. The fourth-order valence-electron chi connectivity index (χ4n) is 1.89. The van der Waals surface area contributed by atoms with Crippen molar-refractivity contribution in [2.24, 2.45) is 5.92 Å². The van der Waals surface area contributed by atoms with Gasteiger partial charge in [0.2, 0.25) is 0 Å². The van der Waals surface area contributed by atoms with Crippen LogP contribution in [0.1, 0.15) is 31.1 Å². The van der Waals surface area contributed by atoms with E-state index in [0.717, 1.165) is 19.3 Å². The SMILES string of the molecule is N#Cc1ncn(C2CCCC2C#N)n1. The molecule has 2 unspecified atom stereocenters. The molecule has 1 aromatic heterocycles. The topological polar surface area (TPSA) is 78.3 Å². The molecule has 2 atom stereocenters. The van der Waals surface area contributed by atoms with Gasteiger partial charge in [0.25, 0.3) is 5.82 Å². The molecule has 1 aromatic rings. The fourth-order valence-corrected chi connectivity index (χ4v) is 1.89. The largest absolute Gasteiger partial charge is 0.252 e. The minimum absolute atomic E-state index is 0.0169. The molecule has 0 aromatic carbocycles. The van der Waals surface area contributed by atoms with E-state index in [-0.39, 0.29) is 17.8 Å². The third-order valence-corrected chi connectivity index (χ3v) is 2.59. The van der Waals surface area contributed by atoms with Gasteiger partial charge in [0.15, 0.2) is 0 Å². The summed E-state index contributed by atoms with van der Waals surface area (Å²) < 4.78 is 1.65. The Morgan fingerprint density at radius 3 is 2.93 bits per heavy atom. The molecule has 1 aliphatic rings. The lowest BCUT2D eigenvalue weighted by atomic mass is 10.1. The number of aromatic nitrogens is 3. The van der Waals surface area contributed by atoms with Crippen LogP contribution >= 0.6 is 0 Å². The fraction of sp³-hybridized carbons (Fsp3) is 0.556. The number of hydrogen-bond donors (Lipinski definition) is 0. The van der Waals surface area contributed by atoms with Gasteiger partial charge in [0, 0.05) is 0 Å². The van der Waals surface area contributed by atoms with Crippen molar-refractivity contribution in [1.82, 2.24) is 14.8 Å². The Kier molecular flexibility index (Phi) is 2.16. The van der Waals surface area contributed by atoms with Gasteiger partial charge in [-0.1, -0.05) is 0 Å². The number of rotatable bonds is 1. The molecule has 5 nitrogen and oxygen atoms in total. The van der Waals surface area contributed by atoms with Gasteiger partial charge in [-0.15, -0.1) is 5.10 Å². The van der Waals surface area contributed by atoms with Gasteiger partial charge in [-0.2, -0.15) is 10.5 Å². The van der Waals surface area contributed by atoms with Crippen molar-refractivity contribution in [3.63, 3.8) is 0 Å². The first-order valence-electron chi connectivity index (χ1n) is 4.56. The van der Waals surface area contributed by atoms with Gasteiger partial charge < -0.3 is 0 Å². The van der Waals surface area contributed by atoms with Gasteiger partial charge in [-0.05, 0) is 19.3 Å². The minimum atomic E-state index is 0.0169. The molecule has 0 bridgehead atoms. The van der Waals surface area contributed by atoms with E-state index < -0.39 is 0 Å². The molecule has 14 heavy (non-hydrogen) atoms. The predicted octanol–water partition coefficient (Wildman–Crippen LogP) is 1.01. The lowest BCUT2D eigenvalue weighted by Crippen LogP contribution is -2.13. The highest BCUT2D eigenvalue weighted by molar-refractivity contribution is 5.06. The molecule has 0 N–H and O–H groups in total. The third kappa shape index (κ3) is 1.33. The van der Waals surface area contributed by atoms with Crippen molar-refractivity contribution in [2.45, 2.75) is 25.3 Å². The van der Waals surface area contributed by atoms with Crippen molar-refractivity contribution in [1.29, 1.82) is 10.5 Å². The van der Waals surface area contributed by atoms with Gasteiger partial charge >= 0.3 is 0 Å². The lowest BCUT2D eigenvalue weighted by Gasteiger charge is -2.12. The summed E-state index contributed by atoms with van der Waals surface area (Å²) in [5.41, 5.74) is 0. The van der Waals surface area contributed by atoms with E-state index >= 15 is 0 Å². The second-order valence-corrected chi connectivity index (χ2v) is 3.39. The van der Waals surface area contributed by atoms with Crippen molar-refractivity contribution < 1.29 is 0 Å². The van der Waals surface area contributed by atoms with Gasteiger partial charge in [0.05, 0.1) is 18.0 Å². The molecule has 0 amide bonds. The molecule has 0 radical (unpaired) electrons. The highest BCUT2D eigenvalue weighted by Crippen LogP contribution is 2.34. The third-order valence-electron chi connectivity index (χ3n) is 2.59. The zero-order valence-corrected chi connectivity index (χ0v) is 7.59. The van der Waals surface area contributed by atoms with E-state index in [2.05, 4.69) is 16.2 Å². The van der Waals surface area contributed by atoms with Crippen LogP contribution in [0.15, 0.2) is 6.33 Å². The molecule has 1 saturated carbocycles. The van der Waals surface area contributed by atoms with Crippen LogP contribution in [-0.2, 0) is 0 Å². The number of hydrogen-bond acceptors (Lipinski definition) is 4. The van der Waals surface area contributed by atoms with E-state index in [4.69, 9.17) is 10.5 Å². The maximum atomic E-state index is 8.89. The molecule has 1 heterocycles. The maximum absolute atomic E-state index is 8.89. The second-order valence-electron chi connectivity index (χ2n) is 3.39. The highest BCUT2D eigenvalue weighted by Gasteiger charge is 2.29. The molecule has 1 aliphatic carbocycles. The zero-order valence-electron chi connectivity index (χ0n) is 7.59. The van der Waals surface area contributed by atoms with Crippen LogP contribution in [0.2, 0.25) is 0 Å². The summed E-state index contributed by atoms with van der Waals surface area (Å²) in [6.07, 6.45) is 4.46. The van der Waals surface area contributed by atoms with Crippen LogP contribution in [0.25, 0.3) is 0 Å². The predicted molar refractivity (Wildman–Crippen MR) is 46.7 cm³/mol. The molecule has 70 valence electrons. The first-order chi connectivity index (χ1) is 6.85. The summed E-state index contributed by atoms with van der Waals surface area (Å²) in [4.78, 5) is 3.83. The maximum Gasteiger partial charge on any atom is 0.252 e. The van der Waals surface area contributed by atoms with E-state index in [1.54, 1.807) is 11.0 Å². The van der Waals surface area contributed by atoms with E-state index in [9.17, 15) is 0 Å². The summed E-state index contributed by atoms with van der Waals surface area (Å²) in [6.45, 7) is 0. The second kappa shape index (κ2) is 3.47. The van der Waals surface area contributed by atoms with E-state index in [0.29, 0.717) is 0 Å². The molecule has 0 saturated heterocycles. The molecule has 0 spiro atoms. The number of nitriles is 2. The van der Waals surface area contributed by atoms with Crippen LogP contribution in [0, 0.1) is 28.6 Å². The zero-order chi connectivity index (χ0) is 9.97. The Morgan fingerprint density at radius 1 is 1.43 bits per heavy atom. The summed E-state index contributed by atoms with van der Waals surface area (Å²) in [6, 6.07) is 4.25. The normalized spacial score (nSPS) is 25.6. The van der Waals surface area contributed by atoms with Gasteiger partial charge in [-0.25, -0.2) is 9.67 Å². The highest BCUT2D eigenvalue weighted by atomic mass is 15.3. The van der Waals surface area contributed by atoms with Gasteiger partial charge in [-0.3, -0.25) is 0 Å². The Morgan fingerprint density at radius 2 is 2.29 bits per heavy atom. The van der Waals surface area contributed by atoms with Crippen LogP contribution in [0.3, 0.4) is 0 Å². The standard InChI is InChI=1S/C9H9N5/c10-4-7-2-1-3-8(7)14-6-12-9(5-11)13-14/h6-8H,1-3H2. The molecule has 0 aliphatic heterocycles. The van der Waals surface area contributed by atoms with Crippen LogP contribution < -0.4 is 0 Å². The smallest absolute Gasteiger partial charge is 0.247 e. The number of nitrogens with zero attached hydrogens (tertiary/aromatic N) is 5. The average molecular weight is 187 g/mol. The van der Waals surface area contributed by atoms with Gasteiger partial charge in [0.1, 0.15) is 12.4 Å². The minimum Gasteiger partial charge on any atom is -0.247 e. The van der Waals surface area contributed by atoms with Crippen molar-refractivity contribution in [3.8, 4) is 12.1 Å². The Labute approximate surface area is 81.6 Å². The summed E-state index contributed by atoms with van der Waals surface area (Å²) in [5, 5.41) is 21.5. The van der Waals surface area contributed by atoms with Crippen LogP contribution in [0.5, 0.6) is 0 Å². The van der Waals surface area contributed by atoms with Crippen molar-refractivity contribution in [2.75, 3.05) is 0 Å².